The van der Waals surface area contributed by atoms with E-state index >= 15 is 0 Å². The Balaban J connectivity index is 1.68. The second kappa shape index (κ2) is 5.49. The number of hydrogen-bond donors (Lipinski definition) is 1. The number of carbonyl (C=O) groups is 1. The smallest absolute Gasteiger partial charge is 0.279 e. The topological polar surface area (TPSA) is 77.3 Å². The normalized spacial score (nSPS) is 12.1. The van der Waals surface area contributed by atoms with Gasteiger partial charge in [0.15, 0.2) is 11.5 Å². The van der Waals surface area contributed by atoms with E-state index < -0.39 is 0 Å². The first-order valence-corrected chi connectivity index (χ1v) is 7.59. The highest BCUT2D eigenvalue weighted by Crippen LogP contribution is 2.39. The van der Waals surface area contributed by atoms with E-state index in [0.717, 1.165) is 22.6 Å². The number of anilines is 1. The van der Waals surface area contributed by atoms with Crippen molar-refractivity contribution in [3.63, 3.8) is 0 Å². The summed E-state index contributed by atoms with van der Waals surface area (Å²) in [6.45, 7) is 4.10. The molecule has 0 bridgehead atoms. The van der Waals surface area contributed by atoms with Crippen molar-refractivity contribution in [3.05, 3.63) is 58.9 Å². The van der Waals surface area contributed by atoms with Crippen molar-refractivity contribution >= 4 is 11.7 Å². The lowest BCUT2D eigenvalue weighted by Crippen LogP contribution is -2.17. The third-order valence-electron chi connectivity index (χ3n) is 3.88. The molecule has 0 saturated heterocycles. The van der Waals surface area contributed by atoms with Gasteiger partial charge in [0.2, 0.25) is 0 Å². The van der Waals surface area contributed by atoms with E-state index in [-0.39, 0.29) is 18.2 Å². The Bertz CT molecular complexity index is 946. The maximum Gasteiger partial charge on any atom is 0.279 e. The molecule has 0 radical (unpaired) electrons. The summed E-state index contributed by atoms with van der Waals surface area (Å²) in [5.41, 5.74) is 3.59. The van der Waals surface area contributed by atoms with Crippen molar-refractivity contribution in [2.75, 3.05) is 5.32 Å². The third kappa shape index (κ3) is 2.42. The van der Waals surface area contributed by atoms with E-state index in [4.69, 9.17) is 9.26 Å². The molecule has 6 nitrogen and oxygen atoms in total. The molecule has 0 aliphatic carbocycles. The van der Waals surface area contributed by atoms with Crippen LogP contribution in [0.5, 0.6) is 5.75 Å². The Morgan fingerprint density at radius 1 is 1.21 bits per heavy atom. The lowest BCUT2D eigenvalue weighted by Gasteiger charge is -2.16. The van der Waals surface area contributed by atoms with Gasteiger partial charge in [0.05, 0.1) is 11.1 Å². The molecule has 4 rings (SSSR count). The van der Waals surface area contributed by atoms with Crippen molar-refractivity contribution in [1.82, 2.24) is 10.1 Å². The van der Waals surface area contributed by atoms with Gasteiger partial charge in [0.25, 0.3) is 5.91 Å². The van der Waals surface area contributed by atoms with Gasteiger partial charge in [0, 0.05) is 5.69 Å². The highest BCUT2D eigenvalue weighted by molar-refractivity contribution is 6.04. The van der Waals surface area contributed by atoms with Crippen LogP contribution in [-0.4, -0.2) is 16.0 Å². The zero-order valence-corrected chi connectivity index (χ0v) is 13.3. The molecule has 1 N–H and O–H groups in total. The summed E-state index contributed by atoms with van der Waals surface area (Å²) < 4.78 is 11.2. The van der Waals surface area contributed by atoms with Gasteiger partial charge in [-0.3, -0.25) is 4.79 Å². The van der Waals surface area contributed by atoms with Crippen molar-refractivity contribution in [2.24, 2.45) is 0 Å². The van der Waals surface area contributed by atoms with Crippen LogP contribution in [0.15, 0.2) is 40.9 Å². The molecule has 1 aromatic carbocycles. The number of benzene rings is 1. The molecule has 0 fully saturated rings. The Morgan fingerprint density at radius 2 is 2.08 bits per heavy atom. The number of pyridine rings is 1. The summed E-state index contributed by atoms with van der Waals surface area (Å²) in [7, 11) is 0. The molecule has 0 saturated carbocycles. The minimum absolute atomic E-state index is 0.223. The third-order valence-corrected chi connectivity index (χ3v) is 3.88. The predicted molar refractivity (Wildman–Crippen MR) is 87.9 cm³/mol. The van der Waals surface area contributed by atoms with E-state index in [9.17, 15) is 4.79 Å². The molecule has 1 aliphatic heterocycles. The lowest BCUT2D eigenvalue weighted by atomic mass is 10.0. The van der Waals surface area contributed by atoms with E-state index in [2.05, 4.69) is 15.5 Å². The number of aromatic nitrogens is 2. The number of nitrogens with zero attached hydrogens (tertiary/aromatic N) is 2. The number of aryl methyl sites for hydroxylation is 2. The minimum Gasteiger partial charge on any atom is -0.488 e. The van der Waals surface area contributed by atoms with Gasteiger partial charge >= 0.3 is 0 Å². The average molecular weight is 321 g/mol. The van der Waals surface area contributed by atoms with Gasteiger partial charge < -0.3 is 14.6 Å². The number of carbonyl (C=O) groups excluding carboxylic acids is 1. The van der Waals surface area contributed by atoms with Gasteiger partial charge in [-0.1, -0.05) is 22.9 Å². The van der Waals surface area contributed by atoms with Crippen LogP contribution in [0.2, 0.25) is 0 Å². The fourth-order valence-corrected chi connectivity index (χ4v) is 2.72. The maximum atomic E-state index is 12.5. The molecule has 1 amide bonds. The van der Waals surface area contributed by atoms with Gasteiger partial charge in [-0.05, 0) is 38.1 Å². The number of fused-ring (bicyclic) bond motifs is 3. The number of rotatable bonds is 2. The molecule has 0 unspecified atom stereocenters. The zero-order chi connectivity index (χ0) is 16.7. The van der Waals surface area contributed by atoms with Crippen LogP contribution in [0.1, 0.15) is 27.3 Å². The number of ether oxygens (including phenoxy) is 1. The first-order chi connectivity index (χ1) is 11.6. The highest BCUT2D eigenvalue weighted by Gasteiger charge is 2.29. The summed E-state index contributed by atoms with van der Waals surface area (Å²) in [4.78, 5) is 16.8. The molecule has 3 heterocycles. The molecule has 24 heavy (non-hydrogen) atoms. The molecule has 3 aromatic rings. The van der Waals surface area contributed by atoms with Crippen LogP contribution >= 0.6 is 0 Å². The van der Waals surface area contributed by atoms with Gasteiger partial charge in [0.1, 0.15) is 18.2 Å². The van der Waals surface area contributed by atoms with Crippen LogP contribution in [0.4, 0.5) is 5.82 Å². The van der Waals surface area contributed by atoms with Crippen molar-refractivity contribution in [2.45, 2.75) is 20.5 Å². The van der Waals surface area contributed by atoms with Crippen molar-refractivity contribution < 1.29 is 14.1 Å². The molecule has 6 heteroatoms. The second-order valence-electron chi connectivity index (χ2n) is 5.75. The summed E-state index contributed by atoms with van der Waals surface area (Å²) in [6.07, 6.45) is 0. The second-order valence-corrected chi connectivity index (χ2v) is 5.75. The number of amides is 1. The van der Waals surface area contributed by atoms with Gasteiger partial charge in [-0.15, -0.1) is 0 Å². The molecule has 120 valence electrons. The summed E-state index contributed by atoms with van der Waals surface area (Å²) >= 11 is 0. The first kappa shape index (κ1) is 14.4. The Kier molecular flexibility index (Phi) is 3.30. The summed E-state index contributed by atoms with van der Waals surface area (Å²) in [6, 6.07) is 11.2. The quantitative estimate of drug-likeness (QED) is 0.781. The molecule has 2 aromatic heterocycles. The Hall–Kier alpha value is -3.15. The van der Waals surface area contributed by atoms with Crippen LogP contribution in [0.3, 0.4) is 0 Å². The number of nitrogens with one attached hydrogen (secondary N) is 1. The molecular weight excluding hydrogens is 306 g/mol. The predicted octanol–water partition coefficient (Wildman–Crippen LogP) is 3.50. The highest BCUT2D eigenvalue weighted by atomic mass is 16.5. The van der Waals surface area contributed by atoms with Crippen LogP contribution in [0.25, 0.3) is 11.3 Å². The van der Waals surface area contributed by atoms with E-state index in [1.165, 1.54) is 0 Å². The number of hydrogen-bond acceptors (Lipinski definition) is 5. The fourth-order valence-electron chi connectivity index (χ4n) is 2.72. The Morgan fingerprint density at radius 3 is 2.92 bits per heavy atom. The minimum atomic E-state index is -0.363. The molecule has 0 spiro atoms. The fraction of sp³-hybridized carbons (Fsp3) is 0.167. The first-order valence-electron chi connectivity index (χ1n) is 7.59. The SMILES string of the molecule is Cc1ccc2c(c1)-c1onc(C(=O)Nc3cccc(C)n3)c1CO2. The lowest BCUT2D eigenvalue weighted by molar-refractivity contribution is 0.101. The van der Waals surface area contributed by atoms with Crippen LogP contribution < -0.4 is 10.1 Å². The molecular formula is C18H15N3O3. The largest absolute Gasteiger partial charge is 0.488 e. The van der Waals surface area contributed by atoms with Gasteiger partial charge in [-0.2, -0.15) is 0 Å². The van der Waals surface area contributed by atoms with E-state index in [1.807, 2.05) is 44.2 Å². The summed E-state index contributed by atoms with van der Waals surface area (Å²) in [5, 5.41) is 6.69. The van der Waals surface area contributed by atoms with Crippen molar-refractivity contribution in [1.29, 1.82) is 0 Å². The van der Waals surface area contributed by atoms with E-state index in [0.29, 0.717) is 17.1 Å². The van der Waals surface area contributed by atoms with Crippen LogP contribution in [0, 0.1) is 13.8 Å². The average Bonchev–Trinajstić information content (AvgIpc) is 2.99. The molecule has 1 aliphatic rings. The van der Waals surface area contributed by atoms with E-state index in [1.54, 1.807) is 6.07 Å². The zero-order valence-electron chi connectivity index (χ0n) is 13.3. The standard InChI is InChI=1S/C18H15N3O3/c1-10-6-7-14-12(8-10)17-13(9-23-14)16(21-24-17)18(22)20-15-5-3-4-11(2)19-15/h3-8H,9H2,1-2H3,(H,19,20,22). The van der Waals surface area contributed by atoms with Crippen LogP contribution in [-0.2, 0) is 6.61 Å². The monoisotopic (exact) mass is 321 g/mol. The Labute approximate surface area is 138 Å². The molecule has 0 atom stereocenters. The maximum absolute atomic E-state index is 12.5. The summed E-state index contributed by atoms with van der Waals surface area (Å²) in [5.74, 6) is 1.43. The van der Waals surface area contributed by atoms with Gasteiger partial charge in [-0.25, -0.2) is 4.98 Å². The van der Waals surface area contributed by atoms with Crippen molar-refractivity contribution in [3.8, 4) is 17.1 Å².